The van der Waals surface area contributed by atoms with Crippen LogP contribution in [0.5, 0.6) is 0 Å². The third-order valence-electron chi connectivity index (χ3n) is 2.35. The Labute approximate surface area is 90.2 Å². The van der Waals surface area contributed by atoms with Crippen molar-refractivity contribution >= 4 is 0 Å². The minimum absolute atomic E-state index is 0.395. The van der Waals surface area contributed by atoms with Crippen LogP contribution in [0.25, 0.3) is 0 Å². The molecule has 0 amide bonds. The molecule has 1 radical (unpaired) electrons. The van der Waals surface area contributed by atoms with Crippen LogP contribution in [0, 0.1) is 6.92 Å². The molecule has 85 valence electrons. The molecule has 0 atom stereocenters. The molecule has 0 bridgehead atoms. The molecular formula is C13H27O. The van der Waals surface area contributed by atoms with E-state index in [1.54, 1.807) is 0 Å². The average molecular weight is 199 g/mol. The Kier molecular flexibility index (Phi) is 11.0. The van der Waals surface area contributed by atoms with Crippen molar-refractivity contribution in [2.45, 2.75) is 71.3 Å². The highest BCUT2D eigenvalue weighted by Crippen LogP contribution is 2.08. The van der Waals surface area contributed by atoms with Gasteiger partial charge < -0.3 is 4.74 Å². The first-order chi connectivity index (χ1) is 6.77. The summed E-state index contributed by atoms with van der Waals surface area (Å²) in [4.78, 5) is 0. The van der Waals surface area contributed by atoms with Crippen molar-refractivity contribution in [2.75, 3.05) is 6.61 Å². The molecule has 0 saturated heterocycles. The van der Waals surface area contributed by atoms with Crippen LogP contribution in [0.2, 0.25) is 0 Å². The first kappa shape index (κ1) is 14.0. The molecule has 0 aliphatic heterocycles. The summed E-state index contributed by atoms with van der Waals surface area (Å²) < 4.78 is 5.48. The molecule has 0 rings (SSSR count). The van der Waals surface area contributed by atoms with Gasteiger partial charge in [-0.25, -0.2) is 0 Å². The number of ether oxygens (including phenoxy) is 1. The Bertz CT molecular complexity index is 99.4. The highest BCUT2D eigenvalue weighted by Gasteiger charge is 1.93. The largest absolute Gasteiger partial charge is 0.379 e. The van der Waals surface area contributed by atoms with E-state index < -0.39 is 0 Å². The van der Waals surface area contributed by atoms with E-state index in [9.17, 15) is 0 Å². The third kappa shape index (κ3) is 12.0. The van der Waals surface area contributed by atoms with E-state index in [0.717, 1.165) is 13.0 Å². The second kappa shape index (κ2) is 11.0. The van der Waals surface area contributed by atoms with Crippen LogP contribution in [-0.4, -0.2) is 12.7 Å². The summed E-state index contributed by atoms with van der Waals surface area (Å²) in [5, 5.41) is 0. The number of hydrogen-bond donors (Lipinski definition) is 0. The maximum absolute atomic E-state index is 5.48. The Morgan fingerprint density at radius 1 is 0.857 bits per heavy atom. The van der Waals surface area contributed by atoms with Crippen LogP contribution >= 0.6 is 0 Å². The fourth-order valence-electron chi connectivity index (χ4n) is 1.48. The minimum atomic E-state index is 0.395. The van der Waals surface area contributed by atoms with Gasteiger partial charge in [0.1, 0.15) is 0 Å². The second-order valence-electron chi connectivity index (χ2n) is 4.25. The zero-order chi connectivity index (χ0) is 10.6. The monoisotopic (exact) mass is 199 g/mol. The zero-order valence-electron chi connectivity index (χ0n) is 10.1. The van der Waals surface area contributed by atoms with Crippen molar-refractivity contribution in [1.82, 2.24) is 0 Å². The standard InChI is InChI=1S/C13H27O/c1-4-5-6-7-8-9-10-11-12-14-13(2)3/h13H,1,4-12H2,2-3H3. The van der Waals surface area contributed by atoms with Gasteiger partial charge in [0.05, 0.1) is 6.10 Å². The molecule has 0 aromatic heterocycles. The van der Waals surface area contributed by atoms with Crippen molar-refractivity contribution in [3.8, 4) is 0 Å². The van der Waals surface area contributed by atoms with Gasteiger partial charge in [0, 0.05) is 6.61 Å². The summed E-state index contributed by atoms with van der Waals surface area (Å²) in [6.45, 7) is 8.98. The lowest BCUT2D eigenvalue weighted by atomic mass is 10.1. The van der Waals surface area contributed by atoms with E-state index in [0.29, 0.717) is 6.10 Å². The smallest absolute Gasteiger partial charge is 0.0518 e. The summed E-state index contributed by atoms with van der Waals surface area (Å²) in [5.41, 5.74) is 0. The molecule has 0 spiro atoms. The summed E-state index contributed by atoms with van der Waals surface area (Å²) >= 11 is 0. The normalized spacial score (nSPS) is 11.1. The number of rotatable bonds is 10. The second-order valence-corrected chi connectivity index (χ2v) is 4.25. The van der Waals surface area contributed by atoms with Crippen LogP contribution in [-0.2, 0) is 4.74 Å². The maximum atomic E-state index is 5.48. The van der Waals surface area contributed by atoms with Crippen LogP contribution in [0.1, 0.15) is 65.2 Å². The molecule has 0 aliphatic rings. The van der Waals surface area contributed by atoms with Crippen molar-refractivity contribution < 1.29 is 4.74 Å². The van der Waals surface area contributed by atoms with Gasteiger partial charge in [-0.3, -0.25) is 0 Å². The van der Waals surface area contributed by atoms with Gasteiger partial charge in [-0.1, -0.05) is 51.9 Å². The molecule has 0 aromatic rings. The number of hydrogen-bond acceptors (Lipinski definition) is 1. The predicted molar refractivity (Wildman–Crippen MR) is 63.4 cm³/mol. The summed E-state index contributed by atoms with van der Waals surface area (Å²) in [6, 6.07) is 0. The minimum Gasteiger partial charge on any atom is -0.379 e. The number of unbranched alkanes of at least 4 members (excludes halogenated alkanes) is 7. The van der Waals surface area contributed by atoms with Gasteiger partial charge in [0.2, 0.25) is 0 Å². The zero-order valence-corrected chi connectivity index (χ0v) is 10.1. The molecule has 0 unspecified atom stereocenters. The highest BCUT2D eigenvalue weighted by atomic mass is 16.5. The van der Waals surface area contributed by atoms with Gasteiger partial charge in [0.15, 0.2) is 0 Å². The Morgan fingerprint density at radius 3 is 1.86 bits per heavy atom. The quantitative estimate of drug-likeness (QED) is 0.475. The molecule has 14 heavy (non-hydrogen) atoms. The van der Waals surface area contributed by atoms with Crippen molar-refractivity contribution in [1.29, 1.82) is 0 Å². The molecule has 0 fully saturated rings. The van der Waals surface area contributed by atoms with Crippen LogP contribution in [0.15, 0.2) is 0 Å². The Balaban J connectivity index is 2.85. The summed E-state index contributed by atoms with van der Waals surface area (Å²) in [7, 11) is 0. The molecule has 1 nitrogen and oxygen atoms in total. The highest BCUT2D eigenvalue weighted by molar-refractivity contribution is 4.47. The van der Waals surface area contributed by atoms with Gasteiger partial charge in [0.25, 0.3) is 0 Å². The van der Waals surface area contributed by atoms with Crippen molar-refractivity contribution in [3.63, 3.8) is 0 Å². The lowest BCUT2D eigenvalue weighted by molar-refractivity contribution is 0.0757. The fraction of sp³-hybridized carbons (Fsp3) is 0.923. The van der Waals surface area contributed by atoms with Gasteiger partial charge in [-0.15, -0.1) is 0 Å². The van der Waals surface area contributed by atoms with E-state index in [2.05, 4.69) is 20.8 Å². The first-order valence-electron chi connectivity index (χ1n) is 6.18. The van der Waals surface area contributed by atoms with Gasteiger partial charge >= 0.3 is 0 Å². The molecule has 0 aromatic carbocycles. The molecule has 0 saturated carbocycles. The topological polar surface area (TPSA) is 9.23 Å². The molecule has 0 aliphatic carbocycles. The lowest BCUT2D eigenvalue weighted by Crippen LogP contribution is -2.03. The third-order valence-corrected chi connectivity index (χ3v) is 2.35. The van der Waals surface area contributed by atoms with E-state index in [1.165, 1.54) is 44.9 Å². The average Bonchev–Trinajstić information content (AvgIpc) is 2.15. The van der Waals surface area contributed by atoms with E-state index >= 15 is 0 Å². The molecule has 0 N–H and O–H groups in total. The van der Waals surface area contributed by atoms with Crippen LogP contribution in [0.4, 0.5) is 0 Å². The summed E-state index contributed by atoms with van der Waals surface area (Å²) in [5.74, 6) is 0. The molecule has 1 heteroatoms. The molecular weight excluding hydrogens is 172 g/mol. The Morgan fingerprint density at radius 2 is 1.36 bits per heavy atom. The van der Waals surface area contributed by atoms with Crippen LogP contribution in [0.3, 0.4) is 0 Å². The van der Waals surface area contributed by atoms with Crippen molar-refractivity contribution in [2.24, 2.45) is 0 Å². The van der Waals surface area contributed by atoms with Crippen LogP contribution < -0.4 is 0 Å². The predicted octanol–water partition coefficient (Wildman–Crippen LogP) is 4.37. The molecule has 0 heterocycles. The van der Waals surface area contributed by atoms with E-state index in [4.69, 9.17) is 4.74 Å². The SMILES string of the molecule is [CH2]CCCCCCCCCOC(C)C. The maximum Gasteiger partial charge on any atom is 0.0518 e. The lowest BCUT2D eigenvalue weighted by Gasteiger charge is -2.06. The summed E-state index contributed by atoms with van der Waals surface area (Å²) in [6.07, 6.45) is 10.9. The van der Waals surface area contributed by atoms with E-state index in [-0.39, 0.29) is 0 Å². The van der Waals surface area contributed by atoms with Gasteiger partial charge in [-0.05, 0) is 20.3 Å². The first-order valence-corrected chi connectivity index (χ1v) is 6.18. The van der Waals surface area contributed by atoms with Crippen molar-refractivity contribution in [3.05, 3.63) is 6.92 Å². The fourth-order valence-corrected chi connectivity index (χ4v) is 1.48. The Hall–Kier alpha value is -0.0400. The van der Waals surface area contributed by atoms with Gasteiger partial charge in [-0.2, -0.15) is 0 Å². The van der Waals surface area contributed by atoms with E-state index in [1.807, 2.05) is 0 Å².